The van der Waals surface area contributed by atoms with Gasteiger partial charge in [0.25, 0.3) is 0 Å². The third-order valence-electron chi connectivity index (χ3n) is 3.12. The third-order valence-corrected chi connectivity index (χ3v) is 3.12. The number of nitrogens with one attached hydrogen (secondary N) is 1. The molecule has 0 spiro atoms. The molecule has 2 unspecified atom stereocenters. The van der Waals surface area contributed by atoms with Gasteiger partial charge in [0.1, 0.15) is 0 Å². The Labute approximate surface area is 96.0 Å². The number of primary amides is 1. The SMILES string of the molecule is CC(c1ccccc1)C(NC1CC1)C(N)=O. The molecule has 1 amide bonds. The third kappa shape index (κ3) is 2.61. The highest BCUT2D eigenvalue weighted by Crippen LogP contribution is 2.24. The van der Waals surface area contributed by atoms with Gasteiger partial charge in [-0.05, 0) is 18.4 Å². The minimum absolute atomic E-state index is 0.124. The molecule has 1 aromatic carbocycles. The van der Waals surface area contributed by atoms with Crippen molar-refractivity contribution in [2.45, 2.75) is 37.8 Å². The molecule has 1 saturated carbocycles. The van der Waals surface area contributed by atoms with Crippen LogP contribution in [0.5, 0.6) is 0 Å². The molecule has 86 valence electrons. The van der Waals surface area contributed by atoms with Gasteiger partial charge in [0.15, 0.2) is 0 Å². The Hall–Kier alpha value is -1.35. The zero-order valence-electron chi connectivity index (χ0n) is 9.52. The average molecular weight is 218 g/mol. The number of carbonyl (C=O) groups is 1. The second-order valence-electron chi connectivity index (χ2n) is 4.52. The molecule has 0 aromatic heterocycles. The molecule has 2 atom stereocenters. The summed E-state index contributed by atoms with van der Waals surface area (Å²) in [7, 11) is 0. The van der Waals surface area contributed by atoms with Crippen LogP contribution in [0.2, 0.25) is 0 Å². The van der Waals surface area contributed by atoms with Crippen molar-refractivity contribution < 1.29 is 4.79 Å². The molecule has 0 aliphatic heterocycles. The van der Waals surface area contributed by atoms with Gasteiger partial charge >= 0.3 is 0 Å². The van der Waals surface area contributed by atoms with E-state index in [-0.39, 0.29) is 17.9 Å². The molecule has 16 heavy (non-hydrogen) atoms. The number of hydrogen-bond acceptors (Lipinski definition) is 2. The zero-order valence-corrected chi connectivity index (χ0v) is 9.52. The van der Waals surface area contributed by atoms with Crippen LogP contribution in [0.15, 0.2) is 30.3 Å². The molecule has 1 fully saturated rings. The summed E-state index contributed by atoms with van der Waals surface area (Å²) in [6.45, 7) is 2.04. The Kier molecular flexibility index (Phi) is 3.25. The number of carbonyl (C=O) groups excluding carboxylic acids is 1. The van der Waals surface area contributed by atoms with E-state index in [0.717, 1.165) is 18.4 Å². The fourth-order valence-electron chi connectivity index (χ4n) is 1.93. The number of rotatable bonds is 5. The van der Waals surface area contributed by atoms with Gasteiger partial charge in [-0.3, -0.25) is 4.79 Å². The van der Waals surface area contributed by atoms with Gasteiger partial charge in [0.05, 0.1) is 6.04 Å². The molecule has 3 N–H and O–H groups in total. The maximum Gasteiger partial charge on any atom is 0.235 e. The first-order chi connectivity index (χ1) is 7.68. The van der Waals surface area contributed by atoms with Crippen LogP contribution in [-0.2, 0) is 4.79 Å². The number of amides is 1. The molecule has 0 bridgehead atoms. The van der Waals surface area contributed by atoms with Crippen molar-refractivity contribution in [3.8, 4) is 0 Å². The van der Waals surface area contributed by atoms with Crippen molar-refractivity contribution in [3.05, 3.63) is 35.9 Å². The minimum Gasteiger partial charge on any atom is -0.368 e. The van der Waals surface area contributed by atoms with Crippen molar-refractivity contribution >= 4 is 5.91 Å². The van der Waals surface area contributed by atoms with Crippen LogP contribution in [-0.4, -0.2) is 18.0 Å². The Morgan fingerprint density at radius 1 is 1.38 bits per heavy atom. The van der Waals surface area contributed by atoms with Gasteiger partial charge in [-0.2, -0.15) is 0 Å². The second kappa shape index (κ2) is 4.66. The predicted molar refractivity (Wildman–Crippen MR) is 64.0 cm³/mol. The lowest BCUT2D eigenvalue weighted by Crippen LogP contribution is -2.45. The minimum atomic E-state index is -0.261. The second-order valence-corrected chi connectivity index (χ2v) is 4.52. The highest BCUT2D eigenvalue weighted by Gasteiger charge is 2.31. The molecule has 2 rings (SSSR count). The van der Waals surface area contributed by atoms with E-state index in [0.29, 0.717) is 6.04 Å². The molecule has 3 nitrogen and oxygen atoms in total. The molecule has 1 aliphatic carbocycles. The van der Waals surface area contributed by atoms with E-state index in [4.69, 9.17) is 5.73 Å². The summed E-state index contributed by atoms with van der Waals surface area (Å²) in [6, 6.07) is 10.3. The van der Waals surface area contributed by atoms with Crippen LogP contribution in [0.3, 0.4) is 0 Å². The summed E-state index contributed by atoms with van der Waals surface area (Å²) in [6.07, 6.45) is 2.32. The number of benzene rings is 1. The summed E-state index contributed by atoms with van der Waals surface area (Å²) in [5, 5.41) is 3.31. The molecular formula is C13H18N2O. The first kappa shape index (κ1) is 11.1. The van der Waals surface area contributed by atoms with E-state index in [1.54, 1.807) is 0 Å². The van der Waals surface area contributed by atoms with E-state index in [1.807, 2.05) is 37.3 Å². The van der Waals surface area contributed by atoms with Crippen molar-refractivity contribution in [2.75, 3.05) is 0 Å². The van der Waals surface area contributed by atoms with Crippen molar-refractivity contribution in [1.82, 2.24) is 5.32 Å². The lowest BCUT2D eigenvalue weighted by Gasteiger charge is -2.22. The van der Waals surface area contributed by atoms with Gasteiger partial charge in [-0.25, -0.2) is 0 Å². The van der Waals surface area contributed by atoms with Crippen LogP contribution < -0.4 is 11.1 Å². The highest BCUT2D eigenvalue weighted by atomic mass is 16.1. The number of hydrogen-bond donors (Lipinski definition) is 2. The lowest BCUT2D eigenvalue weighted by molar-refractivity contribution is -0.120. The Morgan fingerprint density at radius 2 is 2.00 bits per heavy atom. The van der Waals surface area contributed by atoms with Crippen molar-refractivity contribution in [3.63, 3.8) is 0 Å². The maximum atomic E-state index is 11.4. The van der Waals surface area contributed by atoms with Gasteiger partial charge in [0, 0.05) is 12.0 Å². The van der Waals surface area contributed by atoms with Crippen molar-refractivity contribution in [1.29, 1.82) is 0 Å². The maximum absolute atomic E-state index is 11.4. The van der Waals surface area contributed by atoms with Crippen molar-refractivity contribution in [2.24, 2.45) is 5.73 Å². The smallest absolute Gasteiger partial charge is 0.235 e. The van der Waals surface area contributed by atoms with Gasteiger partial charge in [-0.15, -0.1) is 0 Å². The van der Waals surface area contributed by atoms with Crippen LogP contribution in [0.1, 0.15) is 31.2 Å². The van der Waals surface area contributed by atoms with Gasteiger partial charge < -0.3 is 11.1 Å². The Bertz CT molecular complexity index is 359. The molecule has 0 radical (unpaired) electrons. The molecular weight excluding hydrogens is 200 g/mol. The Morgan fingerprint density at radius 3 is 2.50 bits per heavy atom. The van der Waals surface area contributed by atoms with E-state index in [9.17, 15) is 4.79 Å². The molecule has 1 aromatic rings. The molecule has 0 heterocycles. The lowest BCUT2D eigenvalue weighted by atomic mass is 9.93. The monoisotopic (exact) mass is 218 g/mol. The summed E-state index contributed by atoms with van der Waals surface area (Å²) < 4.78 is 0. The van der Waals surface area contributed by atoms with E-state index in [1.165, 1.54) is 0 Å². The normalized spacial score (nSPS) is 19.1. The Balaban J connectivity index is 2.09. The van der Waals surface area contributed by atoms with Crippen LogP contribution in [0.25, 0.3) is 0 Å². The number of nitrogens with two attached hydrogens (primary N) is 1. The van der Waals surface area contributed by atoms with Crippen LogP contribution >= 0.6 is 0 Å². The van der Waals surface area contributed by atoms with Gasteiger partial charge in [0.2, 0.25) is 5.91 Å². The topological polar surface area (TPSA) is 55.1 Å². The van der Waals surface area contributed by atoms with Gasteiger partial charge in [-0.1, -0.05) is 37.3 Å². The summed E-state index contributed by atoms with van der Waals surface area (Å²) in [5.41, 5.74) is 6.60. The average Bonchev–Trinajstić information content (AvgIpc) is 3.09. The summed E-state index contributed by atoms with van der Waals surface area (Å²) in [4.78, 5) is 11.4. The summed E-state index contributed by atoms with van der Waals surface area (Å²) in [5.74, 6) is -0.137. The summed E-state index contributed by atoms with van der Waals surface area (Å²) >= 11 is 0. The highest BCUT2D eigenvalue weighted by molar-refractivity contribution is 5.81. The zero-order chi connectivity index (χ0) is 11.5. The molecule has 0 saturated heterocycles. The van der Waals surface area contributed by atoms with E-state index >= 15 is 0 Å². The predicted octanol–water partition coefficient (Wildman–Crippen LogP) is 1.40. The fourth-order valence-corrected chi connectivity index (χ4v) is 1.93. The van der Waals surface area contributed by atoms with E-state index < -0.39 is 0 Å². The molecule has 1 aliphatic rings. The quantitative estimate of drug-likeness (QED) is 0.784. The first-order valence-electron chi connectivity index (χ1n) is 5.79. The largest absolute Gasteiger partial charge is 0.368 e. The first-order valence-corrected chi connectivity index (χ1v) is 5.79. The van der Waals surface area contributed by atoms with Crippen LogP contribution in [0.4, 0.5) is 0 Å². The molecule has 3 heteroatoms. The van der Waals surface area contributed by atoms with Crippen LogP contribution in [0, 0.1) is 0 Å². The van der Waals surface area contributed by atoms with E-state index in [2.05, 4.69) is 5.32 Å². The fraction of sp³-hybridized carbons (Fsp3) is 0.462. The standard InChI is InChI=1S/C13H18N2O/c1-9(10-5-3-2-4-6-10)12(13(14)16)15-11-7-8-11/h2-6,9,11-12,15H,7-8H2,1H3,(H2,14,16).